The molecule has 0 aliphatic carbocycles. The molecule has 33 heavy (non-hydrogen) atoms. The molecular weight excluding hydrogens is 408 g/mol. The molecule has 0 aliphatic rings. The van der Waals surface area contributed by atoms with Gasteiger partial charge >= 0.3 is 5.97 Å². The van der Waals surface area contributed by atoms with Crippen molar-refractivity contribution in [3.8, 4) is 28.3 Å². The summed E-state index contributed by atoms with van der Waals surface area (Å²) in [6.07, 6.45) is 16.0. The molecule has 4 heteroatoms. The van der Waals surface area contributed by atoms with Gasteiger partial charge in [0.15, 0.2) is 5.82 Å². The van der Waals surface area contributed by atoms with Crippen LogP contribution >= 0.6 is 0 Å². The number of esters is 1. The molecule has 0 spiro atoms. The lowest BCUT2D eigenvalue weighted by atomic mass is 10.0. The molecule has 1 heterocycles. The van der Waals surface area contributed by atoms with Gasteiger partial charge in [0.1, 0.15) is 5.75 Å². The predicted molar refractivity (Wildman–Crippen MR) is 135 cm³/mol. The van der Waals surface area contributed by atoms with Crippen LogP contribution in [0.3, 0.4) is 0 Å². The molecule has 0 bridgehead atoms. The quantitative estimate of drug-likeness (QED) is 0.125. The number of aryl methyl sites for hydroxylation is 1. The van der Waals surface area contributed by atoms with Crippen LogP contribution in [0.1, 0.15) is 64.4 Å². The maximum absolute atomic E-state index is 12.0. The number of allylic oxidation sites excluding steroid dienone is 2. The molecule has 0 amide bonds. The Kier molecular flexibility index (Phi) is 9.84. The molecule has 0 aliphatic heterocycles. The summed E-state index contributed by atoms with van der Waals surface area (Å²) >= 11 is 0. The molecule has 0 saturated carbocycles. The number of benzene rings is 2. The van der Waals surface area contributed by atoms with E-state index in [9.17, 15) is 4.79 Å². The fraction of sp³-hybridized carbons (Fsp3) is 0.345. The number of ether oxygens (including phenoxy) is 1. The molecule has 0 fully saturated rings. The van der Waals surface area contributed by atoms with Gasteiger partial charge in [0, 0.05) is 24.4 Å². The van der Waals surface area contributed by atoms with E-state index < -0.39 is 0 Å². The van der Waals surface area contributed by atoms with E-state index >= 15 is 0 Å². The molecule has 2 aromatic carbocycles. The molecule has 0 N–H and O–H groups in total. The standard InChI is InChI=1S/C29H34N2O2/c1-3-5-7-8-10-12-28(32)33-27-19-17-25(18-20-27)24-13-15-26(16-14-24)29-30-21-23(22-31-29)11-9-6-4-2/h7-8,13-22H,3-6,9-12H2,1-2H3/b8-7+. The fourth-order valence-corrected chi connectivity index (χ4v) is 3.53. The van der Waals surface area contributed by atoms with Crippen molar-refractivity contribution in [1.29, 1.82) is 0 Å². The van der Waals surface area contributed by atoms with Gasteiger partial charge in [-0.3, -0.25) is 4.79 Å². The van der Waals surface area contributed by atoms with Gasteiger partial charge in [0.05, 0.1) is 0 Å². The molecule has 3 rings (SSSR count). The van der Waals surface area contributed by atoms with E-state index in [-0.39, 0.29) is 5.97 Å². The third kappa shape index (κ3) is 7.98. The van der Waals surface area contributed by atoms with Gasteiger partial charge in [0.2, 0.25) is 0 Å². The average molecular weight is 443 g/mol. The summed E-state index contributed by atoms with van der Waals surface area (Å²) in [5.41, 5.74) is 4.35. The van der Waals surface area contributed by atoms with E-state index in [1.807, 2.05) is 54.9 Å². The Labute approximate surface area is 197 Å². The van der Waals surface area contributed by atoms with Crippen molar-refractivity contribution < 1.29 is 9.53 Å². The molecule has 0 saturated heterocycles. The van der Waals surface area contributed by atoms with Crippen molar-refractivity contribution in [2.24, 2.45) is 0 Å². The van der Waals surface area contributed by atoms with Crippen LogP contribution in [0.25, 0.3) is 22.5 Å². The van der Waals surface area contributed by atoms with E-state index in [0.29, 0.717) is 18.6 Å². The third-order valence-electron chi connectivity index (χ3n) is 5.47. The largest absolute Gasteiger partial charge is 0.427 e. The Bertz CT molecular complexity index is 1010. The Morgan fingerprint density at radius 3 is 2.03 bits per heavy atom. The molecule has 0 unspecified atom stereocenters. The number of nitrogens with zero attached hydrogens (tertiary/aromatic N) is 2. The zero-order chi connectivity index (χ0) is 23.3. The summed E-state index contributed by atoms with van der Waals surface area (Å²) in [7, 11) is 0. The van der Waals surface area contributed by atoms with E-state index in [1.54, 1.807) is 0 Å². The smallest absolute Gasteiger partial charge is 0.311 e. The summed E-state index contributed by atoms with van der Waals surface area (Å²) in [6.45, 7) is 4.35. The highest BCUT2D eigenvalue weighted by molar-refractivity contribution is 5.73. The number of unbranched alkanes of at least 4 members (excludes halogenated alkanes) is 3. The van der Waals surface area contributed by atoms with Crippen molar-refractivity contribution in [1.82, 2.24) is 9.97 Å². The van der Waals surface area contributed by atoms with Crippen molar-refractivity contribution >= 4 is 5.97 Å². The SMILES string of the molecule is CCC/C=C/CCC(=O)Oc1ccc(-c2ccc(-c3ncc(CCCCC)cn3)cc2)cc1. The average Bonchev–Trinajstić information content (AvgIpc) is 2.85. The van der Waals surface area contributed by atoms with Crippen molar-refractivity contribution in [3.05, 3.63) is 78.6 Å². The lowest BCUT2D eigenvalue weighted by Gasteiger charge is -2.07. The predicted octanol–water partition coefficient (Wildman–Crippen LogP) is 7.59. The zero-order valence-corrected chi connectivity index (χ0v) is 19.8. The maximum Gasteiger partial charge on any atom is 0.311 e. The summed E-state index contributed by atoms with van der Waals surface area (Å²) in [5, 5.41) is 0. The Balaban J connectivity index is 1.54. The summed E-state index contributed by atoms with van der Waals surface area (Å²) < 4.78 is 5.44. The van der Waals surface area contributed by atoms with Crippen LogP contribution in [-0.4, -0.2) is 15.9 Å². The van der Waals surface area contributed by atoms with Crippen LogP contribution in [0.2, 0.25) is 0 Å². The molecule has 0 atom stereocenters. The first kappa shape index (κ1) is 24.4. The van der Waals surface area contributed by atoms with Crippen LogP contribution in [-0.2, 0) is 11.2 Å². The van der Waals surface area contributed by atoms with E-state index in [1.165, 1.54) is 24.8 Å². The van der Waals surface area contributed by atoms with Crippen molar-refractivity contribution in [2.75, 3.05) is 0 Å². The number of carbonyl (C=O) groups excluding carboxylic acids is 1. The van der Waals surface area contributed by atoms with E-state index in [2.05, 4.69) is 42.0 Å². The van der Waals surface area contributed by atoms with Crippen molar-refractivity contribution in [3.63, 3.8) is 0 Å². The van der Waals surface area contributed by atoms with Gasteiger partial charge in [-0.05, 0) is 54.5 Å². The van der Waals surface area contributed by atoms with Crippen LogP contribution < -0.4 is 4.74 Å². The highest BCUT2D eigenvalue weighted by atomic mass is 16.5. The summed E-state index contributed by atoms with van der Waals surface area (Å²) in [6, 6.07) is 15.8. The summed E-state index contributed by atoms with van der Waals surface area (Å²) in [5.74, 6) is 1.11. The van der Waals surface area contributed by atoms with Gasteiger partial charge < -0.3 is 4.74 Å². The number of aromatic nitrogens is 2. The van der Waals surface area contributed by atoms with Gasteiger partial charge in [-0.1, -0.05) is 81.7 Å². The molecule has 4 nitrogen and oxygen atoms in total. The van der Waals surface area contributed by atoms with Crippen LogP contribution in [0.5, 0.6) is 5.75 Å². The van der Waals surface area contributed by atoms with Gasteiger partial charge in [-0.25, -0.2) is 9.97 Å². The number of hydrogen-bond donors (Lipinski definition) is 0. The fourth-order valence-electron chi connectivity index (χ4n) is 3.53. The number of carbonyl (C=O) groups is 1. The first-order valence-electron chi connectivity index (χ1n) is 12.1. The highest BCUT2D eigenvalue weighted by Gasteiger charge is 2.06. The topological polar surface area (TPSA) is 52.1 Å². The highest BCUT2D eigenvalue weighted by Crippen LogP contribution is 2.25. The number of hydrogen-bond acceptors (Lipinski definition) is 4. The second-order valence-corrected chi connectivity index (χ2v) is 8.25. The minimum atomic E-state index is -0.204. The van der Waals surface area contributed by atoms with Gasteiger partial charge in [-0.15, -0.1) is 0 Å². The molecule has 0 radical (unpaired) electrons. The molecule has 3 aromatic rings. The first-order valence-corrected chi connectivity index (χ1v) is 12.1. The number of rotatable bonds is 12. The monoisotopic (exact) mass is 442 g/mol. The minimum absolute atomic E-state index is 0.204. The molecule has 172 valence electrons. The molecule has 1 aromatic heterocycles. The third-order valence-corrected chi connectivity index (χ3v) is 5.47. The Morgan fingerprint density at radius 2 is 1.39 bits per heavy atom. The van der Waals surface area contributed by atoms with Gasteiger partial charge in [0.25, 0.3) is 0 Å². The van der Waals surface area contributed by atoms with E-state index in [0.717, 1.165) is 41.8 Å². The first-order chi connectivity index (χ1) is 16.2. The van der Waals surface area contributed by atoms with Gasteiger partial charge in [-0.2, -0.15) is 0 Å². The second-order valence-electron chi connectivity index (χ2n) is 8.25. The second kappa shape index (κ2) is 13.3. The maximum atomic E-state index is 12.0. The molecular formula is C29H34N2O2. The van der Waals surface area contributed by atoms with E-state index in [4.69, 9.17) is 4.74 Å². The Hall–Kier alpha value is -3.27. The Morgan fingerprint density at radius 1 is 0.788 bits per heavy atom. The normalized spacial score (nSPS) is 11.1. The zero-order valence-electron chi connectivity index (χ0n) is 19.8. The minimum Gasteiger partial charge on any atom is -0.427 e. The van der Waals surface area contributed by atoms with Crippen LogP contribution in [0.4, 0.5) is 0 Å². The lowest BCUT2D eigenvalue weighted by molar-refractivity contribution is -0.134. The van der Waals surface area contributed by atoms with Crippen LogP contribution in [0, 0.1) is 0 Å². The van der Waals surface area contributed by atoms with Crippen molar-refractivity contribution in [2.45, 2.75) is 65.2 Å². The summed E-state index contributed by atoms with van der Waals surface area (Å²) in [4.78, 5) is 21.1. The van der Waals surface area contributed by atoms with Crippen LogP contribution in [0.15, 0.2) is 73.1 Å². The lowest BCUT2D eigenvalue weighted by Crippen LogP contribution is -2.06.